The Bertz CT molecular complexity index is 1940. The maximum absolute atomic E-state index is 12.2. The largest absolute Gasteiger partial charge is 0.744 e. The summed E-state index contributed by atoms with van der Waals surface area (Å²) in [6.45, 7) is 6.01. The van der Waals surface area contributed by atoms with Crippen molar-refractivity contribution in [3.63, 3.8) is 0 Å². The molecule has 0 aliphatic carbocycles. The lowest BCUT2D eigenvalue weighted by Gasteiger charge is -2.33. The lowest BCUT2D eigenvalue weighted by Crippen LogP contribution is -2.35. The van der Waals surface area contributed by atoms with Gasteiger partial charge in [-0.1, -0.05) is 50.3 Å². The molecule has 11 nitrogen and oxygen atoms in total. The summed E-state index contributed by atoms with van der Waals surface area (Å²) in [5, 5.41) is 0.550. The minimum Gasteiger partial charge on any atom is -0.744 e. The number of aryl methyl sites for hydroxylation is 1. The molecule has 2 amide bonds. The van der Waals surface area contributed by atoms with Gasteiger partial charge in [-0.05, 0) is 49.0 Å². The van der Waals surface area contributed by atoms with Gasteiger partial charge in [-0.2, -0.15) is 4.57 Å². The molecule has 47 heavy (non-hydrogen) atoms. The van der Waals surface area contributed by atoms with Gasteiger partial charge in [0.2, 0.25) is 5.58 Å². The predicted molar refractivity (Wildman–Crippen MR) is 171 cm³/mol. The topological polar surface area (TPSA) is 141 Å². The van der Waals surface area contributed by atoms with E-state index in [0.717, 1.165) is 19.4 Å². The number of imide groups is 1. The zero-order valence-electron chi connectivity index (χ0n) is 26.4. The van der Waals surface area contributed by atoms with Crippen LogP contribution in [0.3, 0.4) is 0 Å². The van der Waals surface area contributed by atoms with Gasteiger partial charge in [0.1, 0.15) is 10.1 Å². The van der Waals surface area contributed by atoms with Crippen molar-refractivity contribution in [1.82, 2.24) is 5.06 Å². The number of benzene rings is 2. The molecule has 0 atom stereocenters. The summed E-state index contributed by atoms with van der Waals surface area (Å²) in [6, 6.07) is 12.6. The van der Waals surface area contributed by atoms with Crippen molar-refractivity contribution in [3.8, 4) is 0 Å². The number of hydroxylamine groups is 2. The molecule has 1 saturated heterocycles. The fraction of sp³-hybridized carbons (Fsp3) is 0.371. The molecule has 0 unspecified atom stereocenters. The number of unbranched alkanes of at least 4 members (excludes halogenated alkanes) is 2. The van der Waals surface area contributed by atoms with Gasteiger partial charge in [0, 0.05) is 61.2 Å². The van der Waals surface area contributed by atoms with Crippen LogP contribution in [0.25, 0.3) is 17.2 Å². The van der Waals surface area contributed by atoms with Gasteiger partial charge in [-0.3, -0.25) is 9.59 Å². The normalized spacial score (nSPS) is 17.9. The highest BCUT2D eigenvalue weighted by atomic mass is 32.2. The monoisotopic (exact) mass is 659 g/mol. The predicted octanol–water partition coefficient (Wildman–Crippen LogP) is 5.21. The van der Waals surface area contributed by atoms with Crippen LogP contribution in [-0.4, -0.2) is 42.4 Å². The number of carbonyl (C=O) groups is 3. The average molecular weight is 660 g/mol. The zero-order valence-corrected chi connectivity index (χ0v) is 27.3. The minimum atomic E-state index is -4.66. The molecule has 3 aliphatic rings. The van der Waals surface area contributed by atoms with Crippen LogP contribution in [0.4, 0.5) is 5.69 Å². The number of oxazole rings is 1. The molecule has 2 aromatic carbocycles. The number of rotatable bonds is 11. The fourth-order valence-corrected chi connectivity index (χ4v) is 7.25. The van der Waals surface area contributed by atoms with Crippen molar-refractivity contribution in [2.45, 2.75) is 82.1 Å². The number of carbonyl (C=O) groups excluding carboxylic acids is 3. The van der Waals surface area contributed by atoms with Crippen molar-refractivity contribution < 1.29 is 41.2 Å². The Balaban J connectivity index is 1.17. The molecule has 12 heteroatoms. The summed E-state index contributed by atoms with van der Waals surface area (Å²) in [5.41, 5.74) is 5.99. The first-order valence-corrected chi connectivity index (χ1v) is 17.3. The van der Waals surface area contributed by atoms with Crippen LogP contribution >= 0.6 is 0 Å². The molecule has 246 valence electrons. The van der Waals surface area contributed by atoms with Crippen molar-refractivity contribution in [2.75, 3.05) is 11.4 Å². The molecule has 3 aromatic rings. The first-order chi connectivity index (χ1) is 22.4. The van der Waals surface area contributed by atoms with E-state index in [4.69, 9.17) is 9.25 Å². The second-order valence-electron chi connectivity index (χ2n) is 12.5. The SMILES string of the molecule is CC1(C)C2=C(/C=C/C=C/c3oc4cc(S(=O)(=O)[O-])ccc4[n+]3CCCCCC(=O)ON3C(=O)CCC3=O)CCCN2c2ccccc21. The van der Waals surface area contributed by atoms with E-state index >= 15 is 0 Å². The van der Waals surface area contributed by atoms with E-state index < -0.39 is 27.9 Å². The second kappa shape index (κ2) is 12.9. The maximum atomic E-state index is 12.2. The number of allylic oxidation sites excluding steroid dienone is 5. The van der Waals surface area contributed by atoms with Crippen LogP contribution < -0.4 is 9.47 Å². The molecule has 1 fully saturated rings. The minimum absolute atomic E-state index is 0.0429. The number of hydrogen-bond acceptors (Lipinski definition) is 9. The molecule has 0 N–H and O–H groups in total. The highest BCUT2D eigenvalue weighted by Gasteiger charge is 2.42. The van der Waals surface area contributed by atoms with E-state index in [-0.39, 0.29) is 35.2 Å². The quantitative estimate of drug-likeness (QED) is 0.0892. The fourth-order valence-electron chi connectivity index (χ4n) is 6.76. The van der Waals surface area contributed by atoms with Crippen molar-refractivity contribution in [2.24, 2.45) is 0 Å². The van der Waals surface area contributed by atoms with Gasteiger partial charge in [-0.25, -0.2) is 13.2 Å². The molecule has 0 spiro atoms. The standard InChI is InChI=1S/C35H37N3O8S/c1-35(2)26-13-6-7-14-27(26)37-22-10-12-24(34(35)37)11-5-8-15-32-36(28-18-17-25(47(42,43)44)23-29(28)45-32)21-9-3-4-16-33(41)46-38-30(39)19-20-31(38)40/h5-8,11,13-15,17-18,23H,3-4,9-10,12,16,19-22H2,1-2H3. The summed E-state index contributed by atoms with van der Waals surface area (Å²) in [4.78, 5) is 42.5. The smallest absolute Gasteiger partial charge is 0.374 e. The Kier molecular flexibility index (Phi) is 8.91. The van der Waals surface area contributed by atoms with Crippen LogP contribution in [0.2, 0.25) is 0 Å². The zero-order chi connectivity index (χ0) is 33.3. The number of amides is 2. The summed E-state index contributed by atoms with van der Waals surface area (Å²) in [5.74, 6) is -1.19. The molecule has 3 aliphatic heterocycles. The van der Waals surface area contributed by atoms with Gasteiger partial charge >= 0.3 is 11.9 Å². The van der Waals surface area contributed by atoms with Crippen LogP contribution in [0.1, 0.15) is 76.7 Å². The molecule has 1 aromatic heterocycles. The van der Waals surface area contributed by atoms with E-state index in [1.165, 1.54) is 34.7 Å². The summed E-state index contributed by atoms with van der Waals surface area (Å²) in [6.07, 6.45) is 11.7. The van der Waals surface area contributed by atoms with E-state index in [2.05, 4.69) is 49.1 Å². The third-order valence-electron chi connectivity index (χ3n) is 8.96. The van der Waals surface area contributed by atoms with Gasteiger partial charge in [0.15, 0.2) is 6.54 Å². The molecule has 0 saturated carbocycles. The van der Waals surface area contributed by atoms with Gasteiger partial charge < -0.3 is 18.7 Å². The number of fused-ring (bicyclic) bond motifs is 4. The maximum Gasteiger partial charge on any atom is 0.374 e. The lowest BCUT2D eigenvalue weighted by molar-refractivity contribution is -0.678. The number of nitrogens with zero attached hydrogens (tertiary/aromatic N) is 3. The number of para-hydroxylation sites is 1. The third-order valence-corrected chi connectivity index (χ3v) is 9.79. The Morgan fingerprint density at radius 1 is 1.02 bits per heavy atom. The third kappa shape index (κ3) is 6.52. The lowest BCUT2D eigenvalue weighted by atomic mass is 9.80. The number of aromatic nitrogens is 1. The Hall–Kier alpha value is -4.55. The first-order valence-electron chi connectivity index (χ1n) is 15.9. The van der Waals surface area contributed by atoms with Crippen LogP contribution in [0, 0.1) is 0 Å². The summed E-state index contributed by atoms with van der Waals surface area (Å²) >= 11 is 0. The molecule has 4 heterocycles. The van der Waals surface area contributed by atoms with Crippen molar-refractivity contribution >= 4 is 50.8 Å². The van der Waals surface area contributed by atoms with Gasteiger partial charge in [-0.15, -0.1) is 5.06 Å². The van der Waals surface area contributed by atoms with E-state index in [9.17, 15) is 27.4 Å². The molecular formula is C35H37N3O8S. The van der Waals surface area contributed by atoms with Crippen LogP contribution in [0.15, 0.2) is 81.3 Å². The Labute approximate surface area is 273 Å². The van der Waals surface area contributed by atoms with Crippen molar-refractivity contribution in [1.29, 1.82) is 0 Å². The van der Waals surface area contributed by atoms with E-state index in [1.807, 2.05) is 22.8 Å². The van der Waals surface area contributed by atoms with Crippen molar-refractivity contribution in [3.05, 3.63) is 83.4 Å². The molecule has 6 rings (SSSR count). The van der Waals surface area contributed by atoms with E-state index in [1.54, 1.807) is 6.07 Å². The van der Waals surface area contributed by atoms with Crippen LogP contribution in [0.5, 0.6) is 0 Å². The molecular weight excluding hydrogens is 622 g/mol. The second-order valence-corrected chi connectivity index (χ2v) is 13.9. The number of anilines is 1. The highest BCUT2D eigenvalue weighted by molar-refractivity contribution is 7.85. The van der Waals surface area contributed by atoms with Crippen LogP contribution in [-0.2, 0) is 41.3 Å². The average Bonchev–Trinajstić information content (AvgIpc) is 3.63. The van der Waals surface area contributed by atoms with E-state index in [0.29, 0.717) is 42.3 Å². The molecule has 0 radical (unpaired) electrons. The first kappa shape index (κ1) is 32.4. The Morgan fingerprint density at radius 2 is 1.77 bits per heavy atom. The van der Waals surface area contributed by atoms with Gasteiger partial charge in [0.05, 0.1) is 11.0 Å². The summed E-state index contributed by atoms with van der Waals surface area (Å²) < 4.78 is 42.9. The molecule has 0 bridgehead atoms. The Morgan fingerprint density at radius 3 is 2.53 bits per heavy atom. The van der Waals surface area contributed by atoms with Gasteiger partial charge in [0.25, 0.3) is 17.3 Å². The summed E-state index contributed by atoms with van der Waals surface area (Å²) in [7, 11) is -4.66. The number of hydrogen-bond donors (Lipinski definition) is 0. The highest BCUT2D eigenvalue weighted by Crippen LogP contribution is 2.50.